The summed E-state index contributed by atoms with van der Waals surface area (Å²) in [6, 6.07) is 8.91. The highest BCUT2D eigenvalue weighted by Gasteiger charge is 2.18. The lowest BCUT2D eigenvalue weighted by molar-refractivity contribution is 0.338. The lowest BCUT2D eigenvalue weighted by Crippen LogP contribution is -2.24. The molecule has 1 unspecified atom stereocenters. The maximum atomic E-state index is 5.47. The van der Waals surface area contributed by atoms with Crippen molar-refractivity contribution in [2.24, 2.45) is 5.92 Å². The first kappa shape index (κ1) is 14.0. The SMILES string of the molecule is CCOc1ccc(C(NC)C(CC)CC)cc1. The van der Waals surface area contributed by atoms with Gasteiger partial charge in [0.25, 0.3) is 0 Å². The minimum atomic E-state index is 0.445. The number of hydrogen-bond donors (Lipinski definition) is 1. The van der Waals surface area contributed by atoms with E-state index < -0.39 is 0 Å². The van der Waals surface area contributed by atoms with E-state index in [9.17, 15) is 0 Å². The van der Waals surface area contributed by atoms with Gasteiger partial charge in [-0.05, 0) is 37.6 Å². The van der Waals surface area contributed by atoms with Crippen LogP contribution in [-0.4, -0.2) is 13.7 Å². The van der Waals surface area contributed by atoms with Crippen molar-refractivity contribution in [2.75, 3.05) is 13.7 Å². The molecular formula is C15H25NO. The molecule has 0 saturated carbocycles. The Hall–Kier alpha value is -1.02. The van der Waals surface area contributed by atoms with E-state index in [0.29, 0.717) is 12.0 Å². The van der Waals surface area contributed by atoms with E-state index >= 15 is 0 Å². The van der Waals surface area contributed by atoms with E-state index in [4.69, 9.17) is 4.74 Å². The predicted octanol–water partition coefficient (Wildman–Crippen LogP) is 3.78. The van der Waals surface area contributed by atoms with Crippen LogP contribution in [0, 0.1) is 5.92 Å². The summed E-state index contributed by atoms with van der Waals surface area (Å²) in [7, 11) is 2.04. The molecule has 17 heavy (non-hydrogen) atoms. The Labute approximate surface area is 105 Å². The maximum absolute atomic E-state index is 5.47. The third kappa shape index (κ3) is 3.74. The summed E-state index contributed by atoms with van der Waals surface area (Å²) >= 11 is 0. The molecule has 0 aliphatic carbocycles. The molecule has 0 amide bonds. The lowest BCUT2D eigenvalue weighted by atomic mass is 9.89. The monoisotopic (exact) mass is 235 g/mol. The van der Waals surface area contributed by atoms with E-state index in [1.54, 1.807) is 0 Å². The van der Waals surface area contributed by atoms with E-state index in [0.717, 1.165) is 12.4 Å². The Kier molecular flexibility index (Phi) is 6.06. The van der Waals surface area contributed by atoms with Crippen molar-refractivity contribution in [3.05, 3.63) is 29.8 Å². The second-order valence-corrected chi connectivity index (χ2v) is 4.34. The number of nitrogens with one attached hydrogen (secondary N) is 1. The molecule has 0 bridgehead atoms. The molecule has 0 saturated heterocycles. The van der Waals surface area contributed by atoms with Crippen LogP contribution < -0.4 is 10.1 Å². The molecule has 1 atom stereocenters. The quantitative estimate of drug-likeness (QED) is 0.776. The molecule has 1 N–H and O–H groups in total. The first-order valence-corrected chi connectivity index (χ1v) is 6.66. The molecule has 2 nitrogen and oxygen atoms in total. The second kappa shape index (κ2) is 7.33. The number of rotatable bonds is 7. The largest absolute Gasteiger partial charge is 0.494 e. The first-order chi connectivity index (χ1) is 8.26. The zero-order valence-corrected chi connectivity index (χ0v) is 11.5. The number of benzene rings is 1. The summed E-state index contributed by atoms with van der Waals surface area (Å²) in [5.74, 6) is 1.65. The van der Waals surface area contributed by atoms with Crippen LogP contribution >= 0.6 is 0 Å². The van der Waals surface area contributed by atoms with Crippen LogP contribution in [0.2, 0.25) is 0 Å². The van der Waals surface area contributed by atoms with Gasteiger partial charge in [-0.15, -0.1) is 0 Å². The highest BCUT2D eigenvalue weighted by molar-refractivity contribution is 5.29. The Morgan fingerprint density at radius 1 is 1.06 bits per heavy atom. The smallest absolute Gasteiger partial charge is 0.119 e. The third-order valence-electron chi connectivity index (χ3n) is 3.38. The molecule has 0 aliphatic heterocycles. The fourth-order valence-corrected chi connectivity index (χ4v) is 2.37. The summed E-state index contributed by atoms with van der Waals surface area (Å²) < 4.78 is 5.47. The highest BCUT2D eigenvalue weighted by Crippen LogP contribution is 2.28. The fraction of sp³-hybridized carbons (Fsp3) is 0.600. The molecule has 1 aromatic carbocycles. The Morgan fingerprint density at radius 3 is 2.06 bits per heavy atom. The number of hydrogen-bond acceptors (Lipinski definition) is 2. The van der Waals surface area contributed by atoms with Crippen LogP contribution in [0.1, 0.15) is 45.2 Å². The van der Waals surface area contributed by atoms with Crippen molar-refractivity contribution in [3.8, 4) is 5.75 Å². The molecule has 1 aromatic rings. The van der Waals surface area contributed by atoms with Crippen LogP contribution in [0.15, 0.2) is 24.3 Å². The van der Waals surface area contributed by atoms with E-state index in [2.05, 4.69) is 43.4 Å². The fourth-order valence-electron chi connectivity index (χ4n) is 2.37. The maximum Gasteiger partial charge on any atom is 0.119 e. The third-order valence-corrected chi connectivity index (χ3v) is 3.38. The first-order valence-electron chi connectivity index (χ1n) is 6.66. The average Bonchev–Trinajstić information content (AvgIpc) is 2.37. The zero-order valence-electron chi connectivity index (χ0n) is 11.5. The standard InChI is InChI=1S/C15H25NO/c1-5-12(6-2)15(16-4)13-8-10-14(11-9-13)17-7-3/h8-12,15-16H,5-7H2,1-4H3. The Balaban J connectivity index is 2.81. The van der Waals surface area contributed by atoms with E-state index in [-0.39, 0.29) is 0 Å². The van der Waals surface area contributed by atoms with Gasteiger partial charge in [-0.3, -0.25) is 0 Å². The van der Waals surface area contributed by atoms with Crippen molar-refractivity contribution < 1.29 is 4.74 Å². The van der Waals surface area contributed by atoms with Gasteiger partial charge < -0.3 is 10.1 Å². The van der Waals surface area contributed by atoms with Gasteiger partial charge >= 0.3 is 0 Å². The van der Waals surface area contributed by atoms with Gasteiger partial charge in [-0.2, -0.15) is 0 Å². The van der Waals surface area contributed by atoms with Crippen molar-refractivity contribution in [1.29, 1.82) is 0 Å². The molecule has 96 valence electrons. The molecule has 0 aliphatic rings. The lowest BCUT2D eigenvalue weighted by Gasteiger charge is -2.25. The van der Waals surface area contributed by atoms with Gasteiger partial charge in [0.2, 0.25) is 0 Å². The van der Waals surface area contributed by atoms with Crippen molar-refractivity contribution in [1.82, 2.24) is 5.32 Å². The molecule has 2 heteroatoms. The van der Waals surface area contributed by atoms with E-state index in [1.807, 2.05) is 14.0 Å². The van der Waals surface area contributed by atoms with Crippen LogP contribution in [0.3, 0.4) is 0 Å². The second-order valence-electron chi connectivity index (χ2n) is 4.34. The molecule has 0 aromatic heterocycles. The van der Waals surface area contributed by atoms with Gasteiger partial charge in [-0.25, -0.2) is 0 Å². The Morgan fingerprint density at radius 2 is 1.65 bits per heavy atom. The summed E-state index contributed by atoms with van der Waals surface area (Å²) in [6.07, 6.45) is 2.41. The zero-order chi connectivity index (χ0) is 12.7. The molecular weight excluding hydrogens is 210 g/mol. The molecule has 1 rings (SSSR count). The van der Waals surface area contributed by atoms with Crippen LogP contribution in [-0.2, 0) is 0 Å². The van der Waals surface area contributed by atoms with Gasteiger partial charge in [0.05, 0.1) is 6.61 Å². The summed E-state index contributed by atoms with van der Waals surface area (Å²) in [6.45, 7) is 7.25. The minimum absolute atomic E-state index is 0.445. The summed E-state index contributed by atoms with van der Waals surface area (Å²) in [5.41, 5.74) is 1.35. The van der Waals surface area contributed by atoms with Crippen molar-refractivity contribution >= 4 is 0 Å². The molecule has 0 radical (unpaired) electrons. The van der Waals surface area contributed by atoms with E-state index in [1.165, 1.54) is 18.4 Å². The minimum Gasteiger partial charge on any atom is -0.494 e. The normalized spacial score (nSPS) is 12.8. The summed E-state index contributed by atoms with van der Waals surface area (Å²) in [4.78, 5) is 0. The van der Waals surface area contributed by atoms with Gasteiger partial charge in [-0.1, -0.05) is 38.8 Å². The molecule has 0 heterocycles. The van der Waals surface area contributed by atoms with Crippen molar-refractivity contribution in [2.45, 2.75) is 39.7 Å². The van der Waals surface area contributed by atoms with Gasteiger partial charge in [0.15, 0.2) is 0 Å². The summed E-state index contributed by atoms with van der Waals surface area (Å²) in [5, 5.41) is 3.43. The topological polar surface area (TPSA) is 21.3 Å². The van der Waals surface area contributed by atoms with Gasteiger partial charge in [0.1, 0.15) is 5.75 Å². The van der Waals surface area contributed by atoms with Crippen LogP contribution in [0.5, 0.6) is 5.75 Å². The average molecular weight is 235 g/mol. The van der Waals surface area contributed by atoms with Crippen LogP contribution in [0.25, 0.3) is 0 Å². The van der Waals surface area contributed by atoms with Gasteiger partial charge in [0, 0.05) is 6.04 Å². The Bertz CT molecular complexity index is 303. The van der Waals surface area contributed by atoms with Crippen LogP contribution in [0.4, 0.5) is 0 Å². The molecule has 0 fully saturated rings. The highest BCUT2D eigenvalue weighted by atomic mass is 16.5. The number of ether oxygens (including phenoxy) is 1. The molecule has 0 spiro atoms. The predicted molar refractivity (Wildman–Crippen MR) is 73.5 cm³/mol. The van der Waals surface area contributed by atoms with Crippen molar-refractivity contribution in [3.63, 3.8) is 0 Å².